The van der Waals surface area contributed by atoms with Crippen LogP contribution in [0.1, 0.15) is 70.9 Å². The monoisotopic (exact) mass is 1070 g/mol. The first kappa shape index (κ1) is 43.2. The Morgan fingerprint density at radius 3 is 2.12 bits per heavy atom. The molecule has 11 aromatic rings. The van der Waals surface area contributed by atoms with Gasteiger partial charge in [-0.1, -0.05) is 156 Å². The van der Waals surface area contributed by atoms with Gasteiger partial charge in [-0.2, -0.15) is 42.0 Å². The van der Waals surface area contributed by atoms with E-state index < -0.39 is 0 Å². The largest absolute Gasteiger partial charge is 2.00 e. The van der Waals surface area contributed by atoms with Crippen LogP contribution >= 0.6 is 0 Å². The fraction of sp³-hybridized carbons (Fsp3) is 0.143. The van der Waals surface area contributed by atoms with Gasteiger partial charge in [0.2, 0.25) is 0 Å². The Morgan fingerprint density at radius 2 is 1.39 bits per heavy atom. The summed E-state index contributed by atoms with van der Waals surface area (Å²) in [7, 11) is 0. The Balaban J connectivity index is 0.00000492. The summed E-state index contributed by atoms with van der Waals surface area (Å²) >= 11 is 0. The second kappa shape index (κ2) is 15.4. The van der Waals surface area contributed by atoms with Crippen LogP contribution in [0.4, 0.5) is 17.1 Å². The van der Waals surface area contributed by atoms with Crippen molar-refractivity contribution in [1.82, 2.24) is 9.13 Å². The Hall–Kier alpha value is -7.12. The van der Waals surface area contributed by atoms with Gasteiger partial charge in [-0.3, -0.25) is 0 Å². The van der Waals surface area contributed by atoms with Gasteiger partial charge in [0.15, 0.2) is 6.71 Å². The molecule has 0 saturated carbocycles. The fourth-order valence-corrected chi connectivity index (χ4v) is 11.6. The van der Waals surface area contributed by atoms with Gasteiger partial charge < -0.3 is 18.5 Å². The van der Waals surface area contributed by atoms with Gasteiger partial charge in [0.05, 0.1) is 11.2 Å². The zero-order valence-corrected chi connectivity index (χ0v) is 42.5. The molecular weight excluding hydrogens is 1020 g/mol. The van der Waals surface area contributed by atoms with Gasteiger partial charge in [-0.25, -0.2) is 0 Å². The van der Waals surface area contributed by atoms with Crippen LogP contribution < -0.4 is 21.3 Å². The molecule has 0 spiro atoms. The molecule has 0 aliphatic carbocycles. The fourth-order valence-electron chi connectivity index (χ4n) is 11.6. The average Bonchev–Trinajstić information content (AvgIpc) is 4.00. The Kier molecular flexibility index (Phi) is 9.67. The van der Waals surface area contributed by atoms with E-state index in [-0.39, 0.29) is 37.3 Å². The quantitative estimate of drug-likeness (QED) is 0.127. The molecule has 0 atom stereocenters. The van der Waals surface area contributed by atoms with Crippen molar-refractivity contribution in [2.75, 3.05) is 4.90 Å². The normalized spacial score (nSPS) is 13.3. The molecular formula is C63H50BN3OOs. The number of hydrogen-bond donors (Lipinski definition) is 0. The number of benzene rings is 8. The van der Waals surface area contributed by atoms with Crippen LogP contribution in [-0.2, 0) is 30.6 Å². The molecule has 8 aromatic carbocycles. The first-order chi connectivity index (χ1) is 32.9. The standard InChI is InChI=1S/C63H50BN3O.Os/c1-9-20-43-46-35-50-55(37-53(46)65(51(43)10-2)40-21-13-11-14-22-40)66(41-23-15-12-16-24-41)56-36-48(63(6,7)8)58-47-33-38(42-26-19-27-45-44-25-17-18-28-57(44)68-61(42)45)29-32-52(47)67-54-34-39(62(3,4)5)30-31-49(54)64(50)59(56)60(58)67;/h9-31,33,35-37H,2H2,1,3-8H3;/q-2;+2/b20-9-;. The second-order valence-electron chi connectivity index (χ2n) is 20.7. The maximum absolute atomic E-state index is 6.66. The predicted octanol–water partition coefficient (Wildman–Crippen LogP) is 14.8. The van der Waals surface area contributed by atoms with Gasteiger partial charge in [-0.05, 0) is 88.3 Å². The minimum absolute atomic E-state index is 0. The summed E-state index contributed by atoms with van der Waals surface area (Å²) in [5.41, 5.74) is 21.2. The summed E-state index contributed by atoms with van der Waals surface area (Å²) in [5, 5.41) is 5.89. The molecule has 0 saturated heterocycles. The summed E-state index contributed by atoms with van der Waals surface area (Å²) in [4.78, 5) is 2.54. The van der Waals surface area contributed by atoms with Crippen LogP contribution in [0.15, 0.2) is 163 Å². The van der Waals surface area contributed by atoms with Crippen molar-refractivity contribution in [3.63, 3.8) is 0 Å². The number of anilines is 3. The summed E-state index contributed by atoms with van der Waals surface area (Å²) < 4.78 is 11.6. The topological polar surface area (TPSA) is 26.2 Å². The third kappa shape index (κ3) is 6.18. The van der Waals surface area contributed by atoms with E-state index in [0.29, 0.717) is 0 Å². The van der Waals surface area contributed by atoms with Crippen molar-refractivity contribution >= 4 is 107 Å². The molecule has 0 amide bonds. The first-order valence-electron chi connectivity index (χ1n) is 23.9. The molecule has 0 fully saturated rings. The maximum atomic E-state index is 6.66. The summed E-state index contributed by atoms with van der Waals surface area (Å²) in [6, 6.07) is 61.4. The molecule has 2 aliphatic rings. The zero-order valence-electron chi connectivity index (χ0n) is 40.0. The molecule has 69 heavy (non-hydrogen) atoms. The minimum atomic E-state index is -0.232. The molecule has 6 heteroatoms. The number of rotatable bonds is 5. The first-order valence-corrected chi connectivity index (χ1v) is 23.9. The number of nitrogens with zero attached hydrogens (tertiary/aromatic N) is 3. The smallest absolute Gasteiger partial charge is 0.457 e. The molecule has 13 rings (SSSR count). The van der Waals surface area contributed by atoms with Crippen molar-refractivity contribution < 1.29 is 24.2 Å². The van der Waals surface area contributed by atoms with Crippen LogP contribution in [0.2, 0.25) is 0 Å². The van der Waals surface area contributed by atoms with Gasteiger partial charge in [0, 0.05) is 50.0 Å². The van der Waals surface area contributed by atoms with Crippen molar-refractivity contribution in [2.24, 2.45) is 0 Å². The molecule has 2 aliphatic heterocycles. The summed E-state index contributed by atoms with van der Waals surface area (Å²) in [6.45, 7) is 20.4. The molecule has 3 aromatic heterocycles. The van der Waals surface area contributed by atoms with E-state index in [9.17, 15) is 0 Å². The van der Waals surface area contributed by atoms with E-state index in [1.807, 2.05) is 12.1 Å². The number of fused-ring (bicyclic) bond motifs is 12. The average molecular weight is 1070 g/mol. The summed E-state index contributed by atoms with van der Waals surface area (Å²) in [5.74, 6) is 0. The Morgan fingerprint density at radius 1 is 0.667 bits per heavy atom. The summed E-state index contributed by atoms with van der Waals surface area (Å²) in [6.07, 6.45) is 6.41. The second-order valence-corrected chi connectivity index (χ2v) is 20.7. The number of furan rings is 1. The third-order valence-corrected chi connectivity index (χ3v) is 14.6. The minimum Gasteiger partial charge on any atom is -0.457 e. The van der Waals surface area contributed by atoms with Gasteiger partial charge in [-0.15, -0.1) is 16.4 Å². The molecule has 0 radical (unpaired) electrons. The SMILES string of the molecule is C=Cc1c(/C=C\C)c2cc3c(cc2n1-c1ccccc1)N(c1ccccc1)c1cc(C(C)(C)C)c2c4cc(-c5cccc6c5oc5ccccc56)c[c-]c4n4c2c1B3c1ccc(C(C)(C)C)[c-]c1-4.[Os+2]. The van der Waals surface area contributed by atoms with E-state index in [0.717, 1.165) is 72.4 Å². The van der Waals surface area contributed by atoms with Crippen molar-refractivity contribution in [2.45, 2.75) is 59.3 Å². The number of para-hydroxylation sites is 4. The molecule has 5 heterocycles. The molecule has 0 unspecified atom stereocenters. The predicted molar refractivity (Wildman–Crippen MR) is 290 cm³/mol. The number of allylic oxidation sites excluding steroid dienone is 1. The molecule has 334 valence electrons. The van der Waals surface area contributed by atoms with E-state index in [2.05, 4.69) is 233 Å². The Bertz CT molecular complexity index is 3970. The zero-order chi connectivity index (χ0) is 46.4. The molecule has 0 bridgehead atoms. The number of hydrogen-bond acceptors (Lipinski definition) is 2. The van der Waals surface area contributed by atoms with Gasteiger partial charge >= 0.3 is 19.8 Å². The van der Waals surface area contributed by atoms with Crippen LogP contribution in [0.25, 0.3) is 89.3 Å². The molecule has 4 nitrogen and oxygen atoms in total. The Labute approximate surface area is 417 Å². The van der Waals surface area contributed by atoms with Crippen molar-refractivity contribution in [3.8, 4) is 22.5 Å². The van der Waals surface area contributed by atoms with Gasteiger partial charge in [0.25, 0.3) is 0 Å². The van der Waals surface area contributed by atoms with E-state index >= 15 is 0 Å². The van der Waals surface area contributed by atoms with Crippen LogP contribution in [0.5, 0.6) is 0 Å². The van der Waals surface area contributed by atoms with Crippen molar-refractivity contribution in [3.05, 3.63) is 193 Å². The number of aromatic nitrogens is 2. The van der Waals surface area contributed by atoms with Crippen LogP contribution in [-0.4, -0.2) is 15.8 Å². The maximum Gasteiger partial charge on any atom is 2.00 e. The van der Waals surface area contributed by atoms with Crippen LogP contribution in [0.3, 0.4) is 0 Å². The van der Waals surface area contributed by atoms with E-state index in [1.54, 1.807) is 0 Å². The van der Waals surface area contributed by atoms with Crippen molar-refractivity contribution in [1.29, 1.82) is 0 Å². The van der Waals surface area contributed by atoms with Gasteiger partial charge in [0.1, 0.15) is 11.2 Å². The third-order valence-electron chi connectivity index (χ3n) is 14.6. The van der Waals surface area contributed by atoms with Crippen LogP contribution in [0, 0.1) is 12.1 Å². The van der Waals surface area contributed by atoms with E-state index in [4.69, 9.17) is 4.42 Å². The van der Waals surface area contributed by atoms with E-state index in [1.165, 1.54) is 60.6 Å². The molecule has 0 N–H and O–H groups in total.